The molecule has 0 aliphatic carbocycles. The highest BCUT2D eigenvalue weighted by Gasteiger charge is 2.55. The van der Waals surface area contributed by atoms with Crippen LogP contribution in [0.1, 0.15) is 25.3 Å². The van der Waals surface area contributed by atoms with Crippen molar-refractivity contribution >= 4 is 17.6 Å². The lowest BCUT2D eigenvalue weighted by atomic mass is 9.84. The lowest BCUT2D eigenvalue weighted by Crippen LogP contribution is -2.33. The van der Waals surface area contributed by atoms with Gasteiger partial charge >= 0.3 is 5.97 Å². The lowest BCUT2D eigenvalue weighted by Gasteiger charge is -2.21. The highest BCUT2D eigenvalue weighted by Crippen LogP contribution is 2.49. The van der Waals surface area contributed by atoms with E-state index in [1.807, 2.05) is 25.1 Å². The van der Waals surface area contributed by atoms with Crippen LogP contribution in [0.4, 0.5) is 5.69 Å². The quantitative estimate of drug-likeness (QED) is 0.572. The van der Waals surface area contributed by atoms with Crippen molar-refractivity contribution in [3.8, 4) is 0 Å². The normalized spacial score (nSPS) is 32.2. The molecular formula is C15H17NO3. The van der Waals surface area contributed by atoms with Gasteiger partial charge in [-0.1, -0.05) is 32.0 Å². The molecule has 100 valence electrons. The average Bonchev–Trinajstić information content (AvgIpc) is 2.85. The van der Waals surface area contributed by atoms with Crippen molar-refractivity contribution in [2.75, 3.05) is 12.0 Å². The molecule has 4 nitrogen and oxygen atoms in total. The Morgan fingerprint density at radius 3 is 2.63 bits per heavy atom. The van der Waals surface area contributed by atoms with E-state index in [4.69, 9.17) is 4.74 Å². The van der Waals surface area contributed by atoms with Crippen molar-refractivity contribution < 1.29 is 14.3 Å². The number of amides is 1. The number of fused-ring (bicyclic) bond motifs is 3. The predicted molar refractivity (Wildman–Crippen MR) is 70.8 cm³/mol. The number of para-hydroxylation sites is 1. The van der Waals surface area contributed by atoms with Crippen molar-refractivity contribution in [1.82, 2.24) is 0 Å². The maximum absolute atomic E-state index is 12.5. The zero-order valence-electron chi connectivity index (χ0n) is 11.3. The zero-order chi connectivity index (χ0) is 13.7. The molecule has 2 aliphatic heterocycles. The summed E-state index contributed by atoms with van der Waals surface area (Å²) in [5.74, 6) is -0.976. The zero-order valence-corrected chi connectivity index (χ0v) is 11.3. The van der Waals surface area contributed by atoms with Crippen molar-refractivity contribution in [3.05, 3.63) is 29.8 Å². The summed E-state index contributed by atoms with van der Waals surface area (Å²) < 4.78 is 4.78. The van der Waals surface area contributed by atoms with E-state index in [1.54, 1.807) is 4.90 Å². The lowest BCUT2D eigenvalue weighted by molar-refractivity contribution is -0.149. The first-order valence-corrected chi connectivity index (χ1v) is 6.57. The van der Waals surface area contributed by atoms with E-state index in [1.165, 1.54) is 12.7 Å². The minimum Gasteiger partial charge on any atom is -0.468 e. The molecule has 0 aromatic heterocycles. The number of carbonyl (C=O) groups is 2. The van der Waals surface area contributed by atoms with Crippen LogP contribution in [0.5, 0.6) is 0 Å². The average molecular weight is 259 g/mol. The molecule has 4 heteroatoms. The summed E-state index contributed by atoms with van der Waals surface area (Å²) in [7, 11) is 1.34. The summed E-state index contributed by atoms with van der Waals surface area (Å²) in [5, 5.41) is 0. The SMILES string of the molecule is COC(=O)C1C(=O)N2c3ccccc3[C@H](C)[C@@H]2[C@H]1C. The molecule has 3 rings (SSSR count). The second-order valence-electron chi connectivity index (χ2n) is 5.41. The van der Waals surface area contributed by atoms with E-state index >= 15 is 0 Å². The molecule has 0 saturated carbocycles. The number of esters is 1. The van der Waals surface area contributed by atoms with Gasteiger partial charge in [0.2, 0.25) is 5.91 Å². The molecule has 1 fully saturated rings. The van der Waals surface area contributed by atoms with Gasteiger partial charge in [0.25, 0.3) is 0 Å². The van der Waals surface area contributed by atoms with Crippen molar-refractivity contribution in [2.45, 2.75) is 25.8 Å². The second-order valence-corrected chi connectivity index (χ2v) is 5.41. The molecule has 1 aromatic carbocycles. The Kier molecular flexibility index (Phi) is 2.62. The van der Waals surface area contributed by atoms with Crippen LogP contribution < -0.4 is 4.90 Å². The Bertz CT molecular complexity index is 554. The number of carbonyl (C=O) groups excluding carboxylic acids is 2. The van der Waals surface area contributed by atoms with Crippen molar-refractivity contribution in [2.24, 2.45) is 11.8 Å². The van der Waals surface area contributed by atoms with Crippen LogP contribution in [0.25, 0.3) is 0 Å². The van der Waals surface area contributed by atoms with Crippen LogP contribution in [0, 0.1) is 11.8 Å². The van der Waals surface area contributed by atoms with Gasteiger partial charge in [-0.15, -0.1) is 0 Å². The fourth-order valence-corrected chi connectivity index (χ4v) is 3.63. The van der Waals surface area contributed by atoms with E-state index in [2.05, 4.69) is 13.0 Å². The Morgan fingerprint density at radius 2 is 1.95 bits per heavy atom. The van der Waals surface area contributed by atoms with E-state index < -0.39 is 11.9 Å². The summed E-state index contributed by atoms with van der Waals surface area (Å²) in [4.78, 5) is 26.1. The number of hydrogen-bond acceptors (Lipinski definition) is 3. The minimum absolute atomic E-state index is 0.0256. The van der Waals surface area contributed by atoms with E-state index in [0.717, 1.165) is 5.69 Å². The summed E-state index contributed by atoms with van der Waals surface area (Å²) in [6.45, 7) is 4.08. The van der Waals surface area contributed by atoms with Gasteiger partial charge in [0.1, 0.15) is 5.92 Å². The number of nitrogens with zero attached hydrogens (tertiary/aromatic N) is 1. The molecule has 0 radical (unpaired) electrons. The Balaban J connectivity index is 2.07. The number of methoxy groups -OCH3 is 1. The number of anilines is 1. The minimum atomic E-state index is -0.661. The molecule has 1 unspecified atom stereocenters. The molecule has 1 aromatic rings. The van der Waals surface area contributed by atoms with Gasteiger partial charge in [-0.3, -0.25) is 9.59 Å². The van der Waals surface area contributed by atoms with Gasteiger partial charge in [-0.2, -0.15) is 0 Å². The van der Waals surface area contributed by atoms with Gasteiger partial charge in [-0.25, -0.2) is 0 Å². The Morgan fingerprint density at radius 1 is 1.26 bits per heavy atom. The van der Waals surface area contributed by atoms with Gasteiger partial charge in [-0.05, 0) is 17.5 Å². The first kappa shape index (κ1) is 12.2. The van der Waals surface area contributed by atoms with E-state index in [0.29, 0.717) is 0 Å². The maximum Gasteiger partial charge on any atom is 0.318 e. The topological polar surface area (TPSA) is 46.6 Å². The number of rotatable bonds is 1. The van der Waals surface area contributed by atoms with E-state index in [-0.39, 0.29) is 23.8 Å². The third kappa shape index (κ3) is 1.46. The number of ether oxygens (including phenoxy) is 1. The fourth-order valence-electron chi connectivity index (χ4n) is 3.63. The molecule has 1 saturated heterocycles. The Hall–Kier alpha value is -1.84. The molecular weight excluding hydrogens is 242 g/mol. The molecule has 19 heavy (non-hydrogen) atoms. The molecule has 1 amide bonds. The second kappa shape index (κ2) is 4.08. The smallest absolute Gasteiger partial charge is 0.318 e. The molecule has 0 spiro atoms. The molecule has 4 atom stereocenters. The van der Waals surface area contributed by atoms with Gasteiger partial charge in [0.15, 0.2) is 0 Å². The van der Waals surface area contributed by atoms with Crippen LogP contribution in [0.15, 0.2) is 24.3 Å². The first-order valence-electron chi connectivity index (χ1n) is 6.57. The van der Waals surface area contributed by atoms with E-state index in [9.17, 15) is 9.59 Å². The van der Waals surface area contributed by atoms with Crippen LogP contribution in [-0.2, 0) is 14.3 Å². The molecule has 0 bridgehead atoms. The summed E-state index contributed by atoms with van der Waals surface area (Å²) in [6, 6.07) is 8.00. The third-order valence-electron chi connectivity index (χ3n) is 4.52. The fraction of sp³-hybridized carbons (Fsp3) is 0.467. The first-order chi connectivity index (χ1) is 9.07. The van der Waals surface area contributed by atoms with Crippen LogP contribution in [0.3, 0.4) is 0 Å². The molecule has 0 N–H and O–H groups in total. The van der Waals surface area contributed by atoms with Gasteiger partial charge in [0.05, 0.1) is 7.11 Å². The molecule has 2 heterocycles. The van der Waals surface area contributed by atoms with Crippen LogP contribution >= 0.6 is 0 Å². The number of benzene rings is 1. The maximum atomic E-state index is 12.5. The highest BCUT2D eigenvalue weighted by atomic mass is 16.5. The highest BCUT2D eigenvalue weighted by molar-refractivity contribution is 6.10. The number of hydrogen-bond donors (Lipinski definition) is 0. The van der Waals surface area contributed by atoms with Crippen LogP contribution in [0.2, 0.25) is 0 Å². The van der Waals surface area contributed by atoms with Crippen molar-refractivity contribution in [1.29, 1.82) is 0 Å². The third-order valence-corrected chi connectivity index (χ3v) is 4.52. The van der Waals surface area contributed by atoms with Gasteiger partial charge < -0.3 is 9.64 Å². The summed E-state index contributed by atoms with van der Waals surface area (Å²) >= 11 is 0. The Labute approximate surface area is 112 Å². The molecule has 2 aliphatic rings. The largest absolute Gasteiger partial charge is 0.468 e. The monoisotopic (exact) mass is 259 g/mol. The van der Waals surface area contributed by atoms with Crippen molar-refractivity contribution in [3.63, 3.8) is 0 Å². The summed E-state index contributed by atoms with van der Waals surface area (Å²) in [5.41, 5.74) is 2.14. The van der Waals surface area contributed by atoms with Gasteiger partial charge in [0, 0.05) is 17.6 Å². The van der Waals surface area contributed by atoms with Crippen LogP contribution in [-0.4, -0.2) is 25.0 Å². The standard InChI is InChI=1S/C15H17NO3/c1-8-10-6-4-5-7-11(10)16-13(8)9(2)12(14(16)17)15(18)19-3/h4-9,12-13H,1-3H3/t8-,9-,12?,13+/m0/s1. The predicted octanol–water partition coefficient (Wildman–Crippen LogP) is 1.94. The summed E-state index contributed by atoms with van der Waals surface area (Å²) in [6.07, 6.45) is 0.